The van der Waals surface area contributed by atoms with Crippen molar-refractivity contribution in [2.45, 2.75) is 28.7 Å². The molecule has 106 valence electrons. The lowest BCUT2D eigenvalue weighted by molar-refractivity contribution is 0.586. The topological polar surface area (TPSA) is 70.6 Å². The van der Waals surface area contributed by atoms with Gasteiger partial charge in [-0.3, -0.25) is 9.71 Å². The van der Waals surface area contributed by atoms with Crippen molar-refractivity contribution in [2.75, 3.05) is 19.6 Å². The Kier molecular flexibility index (Phi) is 5.02. The summed E-state index contributed by atoms with van der Waals surface area (Å²) in [6, 6.07) is 1.74. The van der Waals surface area contributed by atoms with Gasteiger partial charge in [-0.1, -0.05) is 13.8 Å². The molecule has 8 heteroatoms. The van der Waals surface area contributed by atoms with Gasteiger partial charge in [0.05, 0.1) is 9.92 Å². The Bertz CT molecular complexity index is 578. The van der Waals surface area contributed by atoms with Crippen molar-refractivity contribution in [1.82, 2.24) is 9.44 Å². The maximum atomic E-state index is 12.0. The van der Waals surface area contributed by atoms with Crippen molar-refractivity contribution < 1.29 is 8.42 Å². The van der Waals surface area contributed by atoms with E-state index in [9.17, 15) is 8.42 Å². The molecule has 1 aromatic rings. The molecular formula is C11H17N3O2S3. The van der Waals surface area contributed by atoms with E-state index < -0.39 is 10.0 Å². The number of aliphatic imine (C=N–C) groups is 1. The van der Waals surface area contributed by atoms with E-state index in [0.29, 0.717) is 17.3 Å². The smallest absolute Gasteiger partial charge is 0.250 e. The maximum absolute atomic E-state index is 12.0. The lowest BCUT2D eigenvalue weighted by atomic mass is 10.2. The number of hydrogen-bond donors (Lipinski definition) is 2. The molecular weight excluding hydrogens is 302 g/mol. The number of rotatable bonds is 5. The summed E-state index contributed by atoms with van der Waals surface area (Å²) in [7, 11) is -3.38. The van der Waals surface area contributed by atoms with Gasteiger partial charge in [-0.15, -0.1) is 11.3 Å². The summed E-state index contributed by atoms with van der Waals surface area (Å²) in [6.45, 7) is 5.69. The SMILES string of the molecule is CCCN=C1CNSc2sc(S(=O)(=O)NCC)cc21. The molecule has 0 aliphatic carbocycles. The van der Waals surface area contributed by atoms with Crippen molar-refractivity contribution >= 4 is 39.0 Å². The lowest BCUT2D eigenvalue weighted by Gasteiger charge is -2.13. The maximum Gasteiger partial charge on any atom is 0.250 e. The number of hydrogen-bond acceptors (Lipinski definition) is 6. The summed E-state index contributed by atoms with van der Waals surface area (Å²) < 4.78 is 31.0. The molecule has 5 nitrogen and oxygen atoms in total. The number of thiophene rings is 1. The number of sulfonamides is 1. The van der Waals surface area contributed by atoms with Crippen molar-refractivity contribution in [3.8, 4) is 0 Å². The van der Waals surface area contributed by atoms with Crippen molar-refractivity contribution in [3.63, 3.8) is 0 Å². The molecule has 2 N–H and O–H groups in total. The number of nitrogens with one attached hydrogen (secondary N) is 2. The number of fused-ring (bicyclic) bond motifs is 1. The first-order valence-corrected chi connectivity index (χ1v) is 9.27. The van der Waals surface area contributed by atoms with Crippen molar-refractivity contribution in [2.24, 2.45) is 4.99 Å². The van der Waals surface area contributed by atoms with Crippen LogP contribution in [0.4, 0.5) is 0 Å². The molecule has 1 aliphatic heterocycles. The van der Waals surface area contributed by atoms with Crippen LogP contribution in [-0.2, 0) is 10.0 Å². The van der Waals surface area contributed by atoms with E-state index in [0.717, 1.165) is 28.4 Å². The average Bonchev–Trinajstić information content (AvgIpc) is 2.81. The lowest BCUT2D eigenvalue weighted by Crippen LogP contribution is -2.23. The predicted molar refractivity (Wildman–Crippen MR) is 80.7 cm³/mol. The molecule has 0 fully saturated rings. The Balaban J connectivity index is 2.36. The predicted octanol–water partition coefficient (Wildman–Crippen LogP) is 1.86. The quantitative estimate of drug-likeness (QED) is 0.813. The Morgan fingerprint density at radius 2 is 2.26 bits per heavy atom. The Hall–Kier alpha value is -0.410. The van der Waals surface area contributed by atoms with Gasteiger partial charge in [0.15, 0.2) is 0 Å². The van der Waals surface area contributed by atoms with Crippen LogP contribution < -0.4 is 9.44 Å². The zero-order chi connectivity index (χ0) is 13.9. The van der Waals surface area contributed by atoms with Gasteiger partial charge in [-0.05, 0) is 24.4 Å². The van der Waals surface area contributed by atoms with Crippen LogP contribution >= 0.6 is 23.3 Å². The minimum absolute atomic E-state index is 0.361. The summed E-state index contributed by atoms with van der Waals surface area (Å²) >= 11 is 2.77. The van der Waals surface area contributed by atoms with E-state index in [-0.39, 0.29) is 0 Å². The van der Waals surface area contributed by atoms with Crippen LogP contribution in [0.1, 0.15) is 25.8 Å². The highest BCUT2D eigenvalue weighted by Crippen LogP contribution is 2.35. The molecule has 2 heterocycles. The molecule has 0 spiro atoms. The average molecular weight is 319 g/mol. The van der Waals surface area contributed by atoms with Gasteiger partial charge in [0.25, 0.3) is 0 Å². The molecule has 1 aromatic heterocycles. The molecule has 19 heavy (non-hydrogen) atoms. The molecule has 0 atom stereocenters. The highest BCUT2D eigenvalue weighted by atomic mass is 32.3. The summed E-state index contributed by atoms with van der Waals surface area (Å²) in [5.41, 5.74) is 1.91. The van der Waals surface area contributed by atoms with Gasteiger partial charge in [0.2, 0.25) is 10.0 Å². The highest BCUT2D eigenvalue weighted by molar-refractivity contribution is 8.00. The molecule has 0 unspecified atom stereocenters. The molecule has 2 rings (SSSR count). The third-order valence-electron chi connectivity index (χ3n) is 2.52. The summed E-state index contributed by atoms with van der Waals surface area (Å²) in [4.78, 5) is 4.52. The van der Waals surface area contributed by atoms with E-state index >= 15 is 0 Å². The van der Waals surface area contributed by atoms with Gasteiger partial charge in [-0.25, -0.2) is 13.1 Å². The molecule has 0 saturated carbocycles. The fourth-order valence-electron chi connectivity index (χ4n) is 1.68. The largest absolute Gasteiger partial charge is 0.288 e. The van der Waals surface area contributed by atoms with Crippen molar-refractivity contribution in [3.05, 3.63) is 11.6 Å². The molecule has 0 bridgehead atoms. The van der Waals surface area contributed by atoms with E-state index in [2.05, 4.69) is 21.4 Å². The van der Waals surface area contributed by atoms with E-state index in [1.165, 1.54) is 23.3 Å². The first kappa shape index (κ1) is 15.0. The van der Waals surface area contributed by atoms with Gasteiger partial charge in [0.1, 0.15) is 4.21 Å². The third-order valence-corrected chi connectivity index (χ3v) is 6.66. The van der Waals surface area contributed by atoms with Crippen LogP contribution in [0, 0.1) is 0 Å². The van der Waals surface area contributed by atoms with Crippen LogP contribution in [0.2, 0.25) is 0 Å². The van der Waals surface area contributed by atoms with E-state index in [1.807, 2.05) is 0 Å². The van der Waals surface area contributed by atoms with Gasteiger partial charge < -0.3 is 0 Å². The van der Waals surface area contributed by atoms with Gasteiger partial charge in [-0.2, -0.15) is 0 Å². The first-order chi connectivity index (χ1) is 9.08. The second-order valence-electron chi connectivity index (χ2n) is 4.02. The van der Waals surface area contributed by atoms with Crippen LogP contribution in [0.3, 0.4) is 0 Å². The van der Waals surface area contributed by atoms with Gasteiger partial charge >= 0.3 is 0 Å². The molecule has 0 saturated heterocycles. The number of nitrogens with zero attached hydrogens (tertiary/aromatic N) is 1. The monoisotopic (exact) mass is 319 g/mol. The molecule has 0 aromatic carbocycles. The standard InChI is InChI=1S/C11H17N3O2S3/c1-3-5-12-9-7-13-18-11-8(9)6-10(17-11)19(15,16)14-4-2/h6,13-14H,3-5,7H2,1-2H3. The summed E-state index contributed by atoms with van der Waals surface area (Å²) in [5, 5.41) is 0. The normalized spacial score (nSPS) is 17.7. The third kappa shape index (κ3) is 3.38. The molecule has 1 aliphatic rings. The van der Waals surface area contributed by atoms with Crippen LogP contribution in [0.25, 0.3) is 0 Å². The molecule has 0 radical (unpaired) electrons. The summed E-state index contributed by atoms with van der Waals surface area (Å²) in [6.07, 6.45) is 0.985. The second-order valence-corrected chi connectivity index (χ2v) is 8.22. The minimum Gasteiger partial charge on any atom is -0.288 e. The van der Waals surface area contributed by atoms with E-state index in [4.69, 9.17) is 0 Å². The Labute approximate surface area is 122 Å². The highest BCUT2D eigenvalue weighted by Gasteiger charge is 2.24. The van der Waals surface area contributed by atoms with Gasteiger partial charge in [0, 0.05) is 25.2 Å². The first-order valence-electron chi connectivity index (χ1n) is 6.15. The van der Waals surface area contributed by atoms with Crippen molar-refractivity contribution in [1.29, 1.82) is 0 Å². The van der Waals surface area contributed by atoms with Crippen LogP contribution in [0.15, 0.2) is 19.5 Å². The zero-order valence-corrected chi connectivity index (χ0v) is 13.3. The Morgan fingerprint density at radius 1 is 1.47 bits per heavy atom. The fraction of sp³-hybridized carbons (Fsp3) is 0.545. The Morgan fingerprint density at radius 3 is 2.95 bits per heavy atom. The molecule has 0 amide bonds. The second kappa shape index (κ2) is 6.36. The minimum atomic E-state index is -3.38. The van der Waals surface area contributed by atoms with Crippen LogP contribution in [-0.4, -0.2) is 33.8 Å². The van der Waals surface area contributed by atoms with Crippen LogP contribution in [0.5, 0.6) is 0 Å². The van der Waals surface area contributed by atoms with E-state index in [1.54, 1.807) is 13.0 Å². The summed E-state index contributed by atoms with van der Waals surface area (Å²) in [5.74, 6) is 0. The zero-order valence-electron chi connectivity index (χ0n) is 10.9. The fourth-order valence-corrected chi connectivity index (χ4v) is 5.38.